The van der Waals surface area contributed by atoms with E-state index in [4.69, 9.17) is 4.74 Å². The van der Waals surface area contributed by atoms with E-state index in [0.717, 1.165) is 38.9 Å². The van der Waals surface area contributed by atoms with Crippen LogP contribution in [0, 0.1) is 0 Å². The van der Waals surface area contributed by atoms with Crippen molar-refractivity contribution in [3.05, 3.63) is 35.9 Å². The molecule has 2 heterocycles. The minimum absolute atomic E-state index is 0.0631. The van der Waals surface area contributed by atoms with Crippen molar-refractivity contribution in [1.82, 2.24) is 9.80 Å². The van der Waals surface area contributed by atoms with Gasteiger partial charge in [0, 0.05) is 38.9 Å². The summed E-state index contributed by atoms with van der Waals surface area (Å²) in [4.78, 5) is 28.8. The molecule has 2 aliphatic heterocycles. The normalized spacial score (nSPS) is 21.2. The first kappa shape index (κ1) is 22.8. The zero-order chi connectivity index (χ0) is 21.4. The molecule has 166 valence electrons. The zero-order valence-electron chi connectivity index (χ0n) is 18.2. The van der Waals surface area contributed by atoms with Crippen LogP contribution in [0.4, 0.5) is 0 Å². The first-order chi connectivity index (χ1) is 14.6. The number of carboxylic acid groups (broad SMARTS) is 1. The van der Waals surface area contributed by atoms with E-state index >= 15 is 0 Å². The molecule has 6 nitrogen and oxygen atoms in total. The van der Waals surface area contributed by atoms with E-state index in [2.05, 4.69) is 24.0 Å². The van der Waals surface area contributed by atoms with Gasteiger partial charge < -0.3 is 9.84 Å². The summed E-state index contributed by atoms with van der Waals surface area (Å²) < 4.78 is 6.04. The zero-order valence-corrected chi connectivity index (χ0v) is 18.2. The number of likely N-dealkylation sites (tertiary alicyclic amines) is 1. The molecular weight excluding hydrogens is 380 g/mol. The number of nitrogens with zero attached hydrogens (tertiary/aromatic N) is 2. The standard InChI is InChI=1S/C24H36N2O4/c1-2-3-4-5-6-10-13-22(27)26-21(23(28)29)19-30-24(26)14-16-25(17-15-24)18-20-11-8-7-9-12-20/h7-9,11-12,21H,2-6,10,13-19H2,1H3,(H,28,29)/t21-/m0/s1. The smallest absolute Gasteiger partial charge is 0.328 e. The number of piperidine rings is 1. The maximum atomic E-state index is 13.1. The first-order valence-corrected chi connectivity index (χ1v) is 11.5. The number of rotatable bonds is 10. The third-order valence-electron chi connectivity index (χ3n) is 6.44. The van der Waals surface area contributed by atoms with Crippen LogP contribution < -0.4 is 0 Å². The van der Waals surface area contributed by atoms with Crippen molar-refractivity contribution >= 4 is 11.9 Å². The van der Waals surface area contributed by atoms with Crippen LogP contribution in [0.5, 0.6) is 0 Å². The van der Waals surface area contributed by atoms with Gasteiger partial charge in [-0.3, -0.25) is 14.6 Å². The number of carboxylic acids is 1. The quantitative estimate of drug-likeness (QED) is 0.583. The molecule has 0 aliphatic carbocycles. The van der Waals surface area contributed by atoms with Crippen LogP contribution in [0.2, 0.25) is 0 Å². The first-order valence-electron chi connectivity index (χ1n) is 11.5. The van der Waals surface area contributed by atoms with Crippen molar-refractivity contribution in [2.45, 2.75) is 83.0 Å². The maximum Gasteiger partial charge on any atom is 0.328 e. The van der Waals surface area contributed by atoms with Crippen LogP contribution >= 0.6 is 0 Å². The molecule has 3 rings (SSSR count). The number of hydrogen-bond donors (Lipinski definition) is 1. The van der Waals surface area contributed by atoms with Gasteiger partial charge in [-0.25, -0.2) is 4.79 Å². The molecule has 0 bridgehead atoms. The molecule has 1 aromatic carbocycles. The minimum atomic E-state index is -0.963. The molecule has 0 radical (unpaired) electrons. The predicted octanol–water partition coefficient (Wildman–Crippen LogP) is 4.04. The monoisotopic (exact) mass is 416 g/mol. The SMILES string of the molecule is CCCCCCCCC(=O)N1[C@H](C(=O)O)COC12CCN(Cc1ccccc1)CC2. The van der Waals surface area contributed by atoms with Gasteiger partial charge in [0.05, 0.1) is 6.61 Å². The predicted molar refractivity (Wildman–Crippen MR) is 116 cm³/mol. The lowest BCUT2D eigenvalue weighted by Crippen LogP contribution is -2.58. The van der Waals surface area contributed by atoms with Crippen molar-refractivity contribution in [2.75, 3.05) is 19.7 Å². The lowest BCUT2D eigenvalue weighted by atomic mass is 9.96. The molecule has 2 fully saturated rings. The number of carbonyl (C=O) groups excluding carboxylic acids is 1. The molecule has 1 amide bonds. The Morgan fingerprint density at radius 1 is 1.07 bits per heavy atom. The Labute approximate surface area is 180 Å². The fourth-order valence-electron chi connectivity index (χ4n) is 4.71. The van der Waals surface area contributed by atoms with Crippen molar-refractivity contribution in [3.8, 4) is 0 Å². The highest BCUT2D eigenvalue weighted by atomic mass is 16.5. The summed E-state index contributed by atoms with van der Waals surface area (Å²) in [6.07, 6.45) is 8.35. The molecule has 2 aliphatic rings. The second kappa shape index (κ2) is 10.9. The number of amides is 1. The third kappa shape index (κ3) is 5.61. The van der Waals surface area contributed by atoms with E-state index in [1.807, 2.05) is 18.2 Å². The lowest BCUT2D eigenvalue weighted by molar-refractivity contribution is -0.166. The average molecular weight is 417 g/mol. The number of ether oxygens (including phenoxy) is 1. The summed E-state index contributed by atoms with van der Waals surface area (Å²) >= 11 is 0. The van der Waals surface area contributed by atoms with E-state index in [-0.39, 0.29) is 12.5 Å². The summed E-state index contributed by atoms with van der Waals surface area (Å²) in [5, 5.41) is 9.68. The molecule has 1 spiro atoms. The summed E-state index contributed by atoms with van der Waals surface area (Å²) in [5.74, 6) is -1.03. The molecule has 1 atom stereocenters. The van der Waals surface area contributed by atoms with Crippen molar-refractivity contribution < 1.29 is 19.4 Å². The van der Waals surface area contributed by atoms with Gasteiger partial charge >= 0.3 is 5.97 Å². The summed E-state index contributed by atoms with van der Waals surface area (Å²) in [6, 6.07) is 9.47. The fraction of sp³-hybridized carbons (Fsp3) is 0.667. The Bertz CT molecular complexity index is 686. The third-order valence-corrected chi connectivity index (χ3v) is 6.44. The number of benzene rings is 1. The van der Waals surface area contributed by atoms with Gasteiger partial charge in [-0.15, -0.1) is 0 Å². The van der Waals surface area contributed by atoms with E-state index in [9.17, 15) is 14.7 Å². The van der Waals surface area contributed by atoms with E-state index in [0.29, 0.717) is 19.3 Å². The number of aliphatic carboxylic acids is 1. The van der Waals surface area contributed by atoms with Gasteiger partial charge in [0.15, 0.2) is 6.04 Å². The summed E-state index contributed by atoms with van der Waals surface area (Å²) in [6.45, 7) is 4.73. The molecule has 0 aromatic heterocycles. The van der Waals surface area contributed by atoms with Gasteiger partial charge in [-0.1, -0.05) is 69.4 Å². The maximum absolute atomic E-state index is 13.1. The highest BCUT2D eigenvalue weighted by Crippen LogP contribution is 2.38. The molecule has 6 heteroatoms. The number of hydrogen-bond acceptors (Lipinski definition) is 4. The second-order valence-electron chi connectivity index (χ2n) is 8.65. The van der Waals surface area contributed by atoms with E-state index in [1.54, 1.807) is 4.90 Å². The Morgan fingerprint density at radius 2 is 1.73 bits per heavy atom. The Balaban J connectivity index is 1.57. The molecule has 0 unspecified atom stereocenters. The van der Waals surface area contributed by atoms with E-state index < -0.39 is 17.7 Å². The Kier molecular flexibility index (Phi) is 8.28. The van der Waals surface area contributed by atoms with Crippen molar-refractivity contribution in [2.24, 2.45) is 0 Å². The number of carbonyl (C=O) groups is 2. The highest BCUT2D eigenvalue weighted by Gasteiger charge is 2.53. The minimum Gasteiger partial charge on any atom is -0.480 e. The second-order valence-corrected chi connectivity index (χ2v) is 8.65. The summed E-state index contributed by atoms with van der Waals surface area (Å²) in [7, 11) is 0. The van der Waals surface area contributed by atoms with Gasteiger partial charge in [0.25, 0.3) is 0 Å². The number of unbranched alkanes of at least 4 members (excludes halogenated alkanes) is 5. The molecule has 30 heavy (non-hydrogen) atoms. The molecule has 1 aromatic rings. The largest absolute Gasteiger partial charge is 0.480 e. The van der Waals surface area contributed by atoms with Crippen LogP contribution in [0.15, 0.2) is 30.3 Å². The average Bonchev–Trinajstić information content (AvgIpc) is 3.12. The van der Waals surface area contributed by atoms with Crippen LogP contribution in [-0.2, 0) is 20.9 Å². The van der Waals surface area contributed by atoms with Crippen LogP contribution in [-0.4, -0.2) is 58.2 Å². The van der Waals surface area contributed by atoms with Gasteiger partial charge in [-0.2, -0.15) is 0 Å². The molecular formula is C24H36N2O4. The van der Waals surface area contributed by atoms with E-state index in [1.165, 1.54) is 24.8 Å². The topological polar surface area (TPSA) is 70.1 Å². The van der Waals surface area contributed by atoms with Gasteiger partial charge in [-0.05, 0) is 12.0 Å². The van der Waals surface area contributed by atoms with Gasteiger partial charge in [0.1, 0.15) is 5.72 Å². The fourth-order valence-corrected chi connectivity index (χ4v) is 4.71. The van der Waals surface area contributed by atoms with Crippen LogP contribution in [0.1, 0.15) is 70.3 Å². The van der Waals surface area contributed by atoms with Gasteiger partial charge in [0.2, 0.25) is 5.91 Å². The lowest BCUT2D eigenvalue weighted by Gasteiger charge is -2.44. The Hall–Kier alpha value is -1.92. The molecule has 1 N–H and O–H groups in total. The van der Waals surface area contributed by atoms with Crippen molar-refractivity contribution in [3.63, 3.8) is 0 Å². The van der Waals surface area contributed by atoms with Crippen LogP contribution in [0.25, 0.3) is 0 Å². The molecule has 2 saturated heterocycles. The summed E-state index contributed by atoms with van der Waals surface area (Å²) in [5.41, 5.74) is 0.510. The van der Waals surface area contributed by atoms with Crippen molar-refractivity contribution in [1.29, 1.82) is 0 Å². The highest BCUT2D eigenvalue weighted by molar-refractivity contribution is 5.85. The molecule has 0 saturated carbocycles. The van der Waals surface area contributed by atoms with Crippen LogP contribution in [0.3, 0.4) is 0 Å². The Morgan fingerprint density at radius 3 is 2.40 bits per heavy atom.